The van der Waals surface area contributed by atoms with Gasteiger partial charge in [-0.25, -0.2) is 0 Å². The lowest BCUT2D eigenvalue weighted by atomic mass is 9.74. The van der Waals surface area contributed by atoms with E-state index in [0.717, 1.165) is 0 Å². The van der Waals surface area contributed by atoms with Crippen LogP contribution in [0.3, 0.4) is 0 Å². The van der Waals surface area contributed by atoms with Gasteiger partial charge in [0.1, 0.15) is 23.0 Å². The number of carbonyl (C=O) groups excluding carboxylic acids is 6. The molecule has 2 saturated carbocycles. The van der Waals surface area contributed by atoms with Crippen LogP contribution in [0.1, 0.15) is 44.9 Å². The number of phenolic OH excluding ortho intramolecular Hbond substituents is 2. The van der Waals surface area contributed by atoms with Gasteiger partial charge in [0.25, 0.3) is 0 Å². The van der Waals surface area contributed by atoms with E-state index in [1.54, 1.807) is 0 Å². The Morgan fingerprint density at radius 1 is 0.705 bits per heavy atom. The summed E-state index contributed by atoms with van der Waals surface area (Å²) < 4.78 is 15.3. The maximum Gasteiger partial charge on any atom is 0.317 e. The lowest BCUT2D eigenvalue weighted by Crippen LogP contribution is -2.33. The van der Waals surface area contributed by atoms with Gasteiger partial charge < -0.3 is 35.1 Å². The Kier molecular flexibility index (Phi) is 7.70. The number of hydrogen-bond acceptors (Lipinski definition) is 11. The molecule has 230 valence electrons. The number of fused-ring (bicyclic) bond motifs is 2. The molecule has 13 nitrogen and oxygen atoms in total. The average Bonchev–Trinajstić information content (AvgIpc) is 3.44. The molecule has 13 heteroatoms. The fourth-order valence-corrected chi connectivity index (χ4v) is 6.63. The van der Waals surface area contributed by atoms with Crippen LogP contribution >= 0.6 is 0 Å². The molecule has 6 atom stereocenters. The van der Waals surface area contributed by atoms with Gasteiger partial charge >= 0.3 is 23.9 Å². The van der Waals surface area contributed by atoms with Crippen LogP contribution in [0, 0.1) is 35.5 Å². The quantitative estimate of drug-likeness (QED) is 0.205. The molecule has 2 saturated heterocycles. The highest BCUT2D eigenvalue weighted by Gasteiger charge is 2.49. The third kappa shape index (κ3) is 5.81. The van der Waals surface area contributed by atoms with E-state index in [0.29, 0.717) is 32.1 Å². The Balaban J connectivity index is 1.07. The number of amides is 2. The van der Waals surface area contributed by atoms with Crippen LogP contribution in [0.4, 0.5) is 11.4 Å². The number of carbonyl (C=O) groups is 6. The second-order valence-corrected chi connectivity index (χ2v) is 11.8. The average molecular weight is 607 g/mol. The maximum atomic E-state index is 13.0. The van der Waals surface area contributed by atoms with Gasteiger partial charge in [-0.3, -0.25) is 28.8 Å². The van der Waals surface area contributed by atoms with Gasteiger partial charge in [-0.15, -0.1) is 0 Å². The molecule has 6 rings (SSSR count). The van der Waals surface area contributed by atoms with Gasteiger partial charge in [0.2, 0.25) is 11.8 Å². The summed E-state index contributed by atoms with van der Waals surface area (Å²) in [6, 6.07) is 8.45. The van der Waals surface area contributed by atoms with Crippen molar-refractivity contribution in [2.75, 3.05) is 10.6 Å². The van der Waals surface area contributed by atoms with Gasteiger partial charge in [-0.1, -0.05) is 0 Å². The van der Waals surface area contributed by atoms with E-state index in [1.807, 2.05) is 0 Å². The third-order valence-electron chi connectivity index (χ3n) is 8.97. The molecule has 0 spiro atoms. The molecular weight excluding hydrogens is 576 g/mol. The molecule has 2 aliphatic heterocycles. The molecule has 2 aromatic carbocycles. The first-order valence-electron chi connectivity index (χ1n) is 14.5. The second kappa shape index (κ2) is 11.6. The van der Waals surface area contributed by atoms with E-state index >= 15 is 0 Å². The number of anilines is 2. The minimum atomic E-state index is -0.647. The van der Waals surface area contributed by atoms with E-state index in [4.69, 9.17) is 14.2 Å². The van der Waals surface area contributed by atoms with E-state index in [-0.39, 0.29) is 59.0 Å². The molecule has 0 radical (unpaired) electrons. The minimum Gasteiger partial charge on any atom is -0.506 e. The van der Waals surface area contributed by atoms with Crippen molar-refractivity contribution in [2.45, 2.75) is 44.9 Å². The Morgan fingerprint density at radius 2 is 1.23 bits per heavy atom. The summed E-state index contributed by atoms with van der Waals surface area (Å²) in [5.74, 6) is -5.69. The fraction of sp³-hybridized carbons (Fsp3) is 0.419. The van der Waals surface area contributed by atoms with Gasteiger partial charge in [-0.2, -0.15) is 0 Å². The zero-order valence-electron chi connectivity index (χ0n) is 23.4. The summed E-state index contributed by atoms with van der Waals surface area (Å²) in [6.07, 6.45) is 2.48. The van der Waals surface area contributed by atoms with Crippen LogP contribution in [0.25, 0.3) is 0 Å². The van der Waals surface area contributed by atoms with Crippen molar-refractivity contribution in [2.24, 2.45) is 35.5 Å². The van der Waals surface area contributed by atoms with Crippen LogP contribution < -0.4 is 15.4 Å². The highest BCUT2D eigenvalue weighted by molar-refractivity contribution is 5.99. The van der Waals surface area contributed by atoms with Crippen molar-refractivity contribution < 1.29 is 53.2 Å². The SMILES string of the molecule is O=C(CC1CCC2C(=O)OC(=O)C2C1)Nc1cc(Oc2ccc(O)c(NC(=O)C3CCC4C(=O)OC(=O)C4C3)c2)ccc1O. The van der Waals surface area contributed by atoms with Crippen molar-refractivity contribution in [3.05, 3.63) is 36.4 Å². The van der Waals surface area contributed by atoms with Crippen molar-refractivity contribution in [1.82, 2.24) is 0 Å². The summed E-state index contributed by atoms with van der Waals surface area (Å²) in [5, 5.41) is 26.0. The molecule has 2 amide bonds. The maximum absolute atomic E-state index is 13.0. The van der Waals surface area contributed by atoms with Crippen LogP contribution in [0.5, 0.6) is 23.0 Å². The molecule has 44 heavy (non-hydrogen) atoms. The molecular formula is C31H30N2O11. The van der Waals surface area contributed by atoms with E-state index < -0.39 is 59.4 Å². The standard InChI is InChI=1S/C31H30N2O11/c34-24-7-3-16(12-22(24)32-26(36)10-14-1-5-18-20(9-14)30(40)43-28(18)38)42-17-4-8-25(35)23(13-17)33-27(37)15-2-6-19-21(11-15)31(41)44-29(19)39/h3-4,7-8,12-15,18-21,34-35H,1-2,5-6,9-11H2,(H,32,36)(H,33,37). The van der Waals surface area contributed by atoms with Crippen molar-refractivity contribution in [1.29, 1.82) is 0 Å². The normalized spacial score (nSPS) is 27.5. The first kappa shape index (κ1) is 29.1. The summed E-state index contributed by atoms with van der Waals surface area (Å²) >= 11 is 0. The van der Waals surface area contributed by atoms with E-state index in [2.05, 4.69) is 10.6 Å². The molecule has 2 aliphatic carbocycles. The van der Waals surface area contributed by atoms with Gasteiger partial charge in [0.15, 0.2) is 0 Å². The zero-order valence-corrected chi connectivity index (χ0v) is 23.4. The monoisotopic (exact) mass is 606 g/mol. The Morgan fingerprint density at radius 3 is 1.84 bits per heavy atom. The van der Waals surface area contributed by atoms with Crippen LogP contribution in [-0.2, 0) is 38.2 Å². The number of hydrogen-bond donors (Lipinski definition) is 4. The predicted octanol–water partition coefficient (Wildman–Crippen LogP) is 3.39. The number of benzene rings is 2. The zero-order chi connectivity index (χ0) is 31.1. The first-order valence-corrected chi connectivity index (χ1v) is 14.5. The number of esters is 4. The van der Waals surface area contributed by atoms with E-state index in [9.17, 15) is 39.0 Å². The largest absolute Gasteiger partial charge is 0.506 e. The van der Waals surface area contributed by atoms with Crippen molar-refractivity contribution >= 4 is 47.1 Å². The van der Waals surface area contributed by atoms with Gasteiger partial charge in [0, 0.05) is 24.5 Å². The Hall–Kier alpha value is -4.94. The summed E-state index contributed by atoms with van der Waals surface area (Å²) in [6.45, 7) is 0. The first-order chi connectivity index (χ1) is 21.0. The van der Waals surface area contributed by atoms with Crippen LogP contribution in [0.15, 0.2) is 36.4 Å². The fourth-order valence-electron chi connectivity index (χ4n) is 6.63. The van der Waals surface area contributed by atoms with E-state index in [1.165, 1.54) is 36.4 Å². The summed E-state index contributed by atoms with van der Waals surface area (Å²) in [5.41, 5.74) is 0.179. The molecule has 2 aromatic rings. The molecule has 0 bridgehead atoms. The smallest absolute Gasteiger partial charge is 0.317 e. The lowest BCUT2D eigenvalue weighted by Gasteiger charge is -2.27. The molecule has 4 N–H and O–H groups in total. The summed E-state index contributed by atoms with van der Waals surface area (Å²) in [4.78, 5) is 73.3. The topological polar surface area (TPSA) is 195 Å². The number of aromatic hydroxyl groups is 2. The van der Waals surface area contributed by atoms with Crippen LogP contribution in [-0.4, -0.2) is 45.9 Å². The molecule has 4 aliphatic rings. The Labute approximate surface area is 250 Å². The highest BCUT2D eigenvalue weighted by atomic mass is 16.6. The number of ether oxygens (including phenoxy) is 3. The number of cyclic esters (lactones) is 4. The number of rotatable bonds is 7. The molecule has 2 heterocycles. The molecule has 4 fully saturated rings. The predicted molar refractivity (Wildman–Crippen MR) is 149 cm³/mol. The van der Waals surface area contributed by atoms with Crippen molar-refractivity contribution in [3.8, 4) is 23.0 Å². The van der Waals surface area contributed by atoms with Crippen molar-refractivity contribution in [3.63, 3.8) is 0 Å². The summed E-state index contributed by atoms with van der Waals surface area (Å²) in [7, 11) is 0. The number of phenols is 2. The second-order valence-electron chi connectivity index (χ2n) is 11.8. The number of nitrogens with one attached hydrogen (secondary N) is 2. The van der Waals surface area contributed by atoms with Gasteiger partial charge in [-0.05, 0) is 68.7 Å². The molecule has 0 aromatic heterocycles. The third-order valence-corrected chi connectivity index (χ3v) is 8.97. The van der Waals surface area contributed by atoms with Crippen LogP contribution in [0.2, 0.25) is 0 Å². The highest BCUT2D eigenvalue weighted by Crippen LogP contribution is 2.42. The lowest BCUT2D eigenvalue weighted by molar-refractivity contribution is -0.155. The Bertz CT molecular complexity index is 1570. The van der Waals surface area contributed by atoms with Gasteiger partial charge in [0.05, 0.1) is 35.0 Å². The minimum absolute atomic E-state index is 0.0783. The molecule has 6 unspecified atom stereocenters.